The third-order valence-corrected chi connectivity index (χ3v) is 3.64. The Kier molecular flexibility index (Phi) is 3.50. The van der Waals surface area contributed by atoms with Crippen LogP contribution in [0.2, 0.25) is 0 Å². The van der Waals surface area contributed by atoms with Crippen LogP contribution in [0, 0.1) is 10.1 Å². The second-order valence-corrected chi connectivity index (χ2v) is 5.06. The second kappa shape index (κ2) is 5.48. The van der Waals surface area contributed by atoms with Crippen molar-refractivity contribution in [3.8, 4) is 11.5 Å². The maximum Gasteiger partial charge on any atom is 0.325 e. The number of aryl methyl sites for hydroxylation is 1. The Morgan fingerprint density at radius 1 is 1.23 bits per heavy atom. The summed E-state index contributed by atoms with van der Waals surface area (Å²) in [7, 11) is 0. The van der Waals surface area contributed by atoms with Crippen LogP contribution in [0.25, 0.3) is 0 Å². The molecule has 0 atom stereocenters. The van der Waals surface area contributed by atoms with Gasteiger partial charge in [0.15, 0.2) is 11.5 Å². The number of nitrogens with zero attached hydrogens (tertiary/aromatic N) is 1. The first-order chi connectivity index (χ1) is 10.6. The van der Waals surface area contributed by atoms with Crippen molar-refractivity contribution in [3.63, 3.8) is 0 Å². The van der Waals surface area contributed by atoms with E-state index < -0.39 is 16.4 Å². The molecule has 0 bridgehead atoms. The van der Waals surface area contributed by atoms with E-state index in [1.54, 1.807) is 0 Å². The lowest BCUT2D eigenvalue weighted by atomic mass is 10.1. The first-order valence-corrected chi connectivity index (χ1v) is 6.81. The fourth-order valence-corrected chi connectivity index (χ4v) is 2.59. The van der Waals surface area contributed by atoms with E-state index in [2.05, 4.69) is 0 Å². The molecule has 1 aliphatic carbocycles. The van der Waals surface area contributed by atoms with Crippen LogP contribution in [0.1, 0.15) is 27.9 Å². The summed E-state index contributed by atoms with van der Waals surface area (Å²) in [5.74, 6) is -0.870. The van der Waals surface area contributed by atoms with Gasteiger partial charge in [-0.25, -0.2) is 0 Å². The Labute approximate surface area is 126 Å². The van der Waals surface area contributed by atoms with E-state index in [0.717, 1.165) is 5.56 Å². The smallest absolute Gasteiger partial charge is 0.325 e. The molecular formula is C16H13NO5. The molecule has 6 nitrogen and oxygen atoms in total. The molecule has 0 amide bonds. The molecule has 0 unspecified atom stereocenters. The van der Waals surface area contributed by atoms with Crippen molar-refractivity contribution in [2.45, 2.75) is 19.4 Å². The lowest BCUT2D eigenvalue weighted by molar-refractivity contribution is -0.386. The van der Waals surface area contributed by atoms with E-state index >= 15 is 0 Å². The lowest BCUT2D eigenvalue weighted by Crippen LogP contribution is -2.03. The van der Waals surface area contributed by atoms with Gasteiger partial charge in [-0.05, 0) is 23.6 Å². The van der Waals surface area contributed by atoms with Gasteiger partial charge in [-0.2, -0.15) is 0 Å². The third kappa shape index (κ3) is 2.39. The van der Waals surface area contributed by atoms with Gasteiger partial charge in [0.25, 0.3) is 0 Å². The van der Waals surface area contributed by atoms with Gasteiger partial charge in [0.2, 0.25) is 5.75 Å². The molecule has 2 aromatic rings. The number of benzene rings is 2. The summed E-state index contributed by atoms with van der Waals surface area (Å²) in [5, 5.41) is 21.3. The van der Waals surface area contributed by atoms with Gasteiger partial charge in [0.1, 0.15) is 12.2 Å². The molecule has 0 aliphatic heterocycles. The zero-order valence-electron chi connectivity index (χ0n) is 11.6. The number of aromatic hydroxyl groups is 1. The Hall–Kier alpha value is -2.89. The average molecular weight is 299 g/mol. The third-order valence-electron chi connectivity index (χ3n) is 3.64. The molecule has 0 radical (unpaired) electrons. The summed E-state index contributed by atoms with van der Waals surface area (Å²) in [6.45, 7) is 0.179. The van der Waals surface area contributed by atoms with Gasteiger partial charge in [-0.1, -0.05) is 30.3 Å². The summed E-state index contributed by atoms with van der Waals surface area (Å²) >= 11 is 0. The van der Waals surface area contributed by atoms with Gasteiger partial charge in [-0.15, -0.1) is 0 Å². The molecule has 6 heteroatoms. The van der Waals surface area contributed by atoms with Gasteiger partial charge >= 0.3 is 5.69 Å². The number of carbonyl (C=O) groups excluding carboxylic acids is 1. The van der Waals surface area contributed by atoms with Gasteiger partial charge in [-0.3, -0.25) is 14.9 Å². The van der Waals surface area contributed by atoms with Crippen LogP contribution in [0.4, 0.5) is 5.69 Å². The summed E-state index contributed by atoms with van der Waals surface area (Å²) in [6.07, 6.45) is 0.648. The molecule has 2 aromatic carbocycles. The highest BCUT2D eigenvalue weighted by Gasteiger charge is 2.34. The normalized spacial score (nSPS) is 13.0. The van der Waals surface area contributed by atoms with Crippen molar-refractivity contribution in [3.05, 3.63) is 63.2 Å². The number of ketones is 1. The summed E-state index contributed by atoms with van der Waals surface area (Å²) in [5.41, 5.74) is 0.885. The summed E-state index contributed by atoms with van der Waals surface area (Å²) < 4.78 is 5.51. The first kappa shape index (κ1) is 14.1. The highest BCUT2D eigenvalue weighted by Crippen LogP contribution is 2.44. The van der Waals surface area contributed by atoms with E-state index in [1.807, 2.05) is 30.3 Å². The Bertz CT molecular complexity index is 755. The molecule has 22 heavy (non-hydrogen) atoms. The predicted molar refractivity (Wildman–Crippen MR) is 78.2 cm³/mol. The van der Waals surface area contributed by atoms with Crippen LogP contribution in [0.5, 0.6) is 11.5 Å². The fraction of sp³-hybridized carbons (Fsp3) is 0.188. The summed E-state index contributed by atoms with van der Waals surface area (Å²) in [4.78, 5) is 22.2. The van der Waals surface area contributed by atoms with Gasteiger partial charge in [0, 0.05) is 6.42 Å². The highest BCUT2D eigenvalue weighted by atomic mass is 16.6. The monoisotopic (exact) mass is 299 g/mol. The molecule has 0 spiro atoms. The minimum Gasteiger partial charge on any atom is -0.499 e. The number of phenolic OH excluding ortho intramolecular Hbond substituents is 1. The molecule has 112 valence electrons. The van der Waals surface area contributed by atoms with Gasteiger partial charge in [0.05, 0.1) is 4.92 Å². The molecule has 1 N–H and O–H groups in total. The van der Waals surface area contributed by atoms with Crippen molar-refractivity contribution < 1.29 is 19.6 Å². The van der Waals surface area contributed by atoms with E-state index in [0.29, 0.717) is 12.0 Å². The molecular weight excluding hydrogens is 286 g/mol. The van der Waals surface area contributed by atoms with Crippen LogP contribution >= 0.6 is 0 Å². The van der Waals surface area contributed by atoms with E-state index in [4.69, 9.17) is 4.74 Å². The number of phenols is 1. The number of hydrogen-bond acceptors (Lipinski definition) is 5. The molecule has 3 rings (SSSR count). The quantitative estimate of drug-likeness (QED) is 0.692. The van der Waals surface area contributed by atoms with Crippen LogP contribution in [-0.2, 0) is 13.0 Å². The van der Waals surface area contributed by atoms with Crippen molar-refractivity contribution in [2.24, 2.45) is 0 Å². The SMILES string of the molecule is O=C1CCc2cc(OCc3ccccc3)c(O)c([N+](=O)[O-])c21. The number of Topliss-reactive ketones (excluding diaryl/α,β-unsaturated/α-hetero) is 1. The van der Waals surface area contributed by atoms with Crippen molar-refractivity contribution in [1.29, 1.82) is 0 Å². The number of hydrogen-bond donors (Lipinski definition) is 1. The first-order valence-electron chi connectivity index (χ1n) is 6.81. The van der Waals surface area contributed by atoms with Crippen molar-refractivity contribution in [1.82, 2.24) is 0 Å². The molecule has 0 heterocycles. The number of rotatable bonds is 4. The van der Waals surface area contributed by atoms with Crippen LogP contribution < -0.4 is 4.74 Å². The topological polar surface area (TPSA) is 89.7 Å². The van der Waals surface area contributed by atoms with E-state index in [1.165, 1.54) is 6.07 Å². The zero-order chi connectivity index (χ0) is 15.7. The lowest BCUT2D eigenvalue weighted by Gasteiger charge is -2.11. The molecule has 1 aliphatic rings. The van der Waals surface area contributed by atoms with Crippen molar-refractivity contribution >= 4 is 11.5 Å². The molecule has 0 fully saturated rings. The summed E-state index contributed by atoms with van der Waals surface area (Å²) in [6, 6.07) is 10.8. The van der Waals surface area contributed by atoms with Crippen LogP contribution in [0.15, 0.2) is 36.4 Å². The standard InChI is InChI=1S/C16H13NO5/c18-12-7-6-11-8-13(16(19)15(14(11)12)17(20)21)22-9-10-4-2-1-3-5-10/h1-5,8,19H,6-7,9H2. The number of nitro groups is 1. The Balaban J connectivity index is 1.97. The molecule has 0 saturated carbocycles. The Morgan fingerprint density at radius 3 is 2.64 bits per heavy atom. The Morgan fingerprint density at radius 2 is 1.95 bits per heavy atom. The predicted octanol–water partition coefficient (Wildman–Crippen LogP) is 3.01. The number of ether oxygens (including phenoxy) is 1. The van der Waals surface area contributed by atoms with E-state index in [-0.39, 0.29) is 30.1 Å². The van der Waals surface area contributed by atoms with E-state index in [9.17, 15) is 20.0 Å². The number of fused-ring (bicyclic) bond motifs is 1. The zero-order valence-corrected chi connectivity index (χ0v) is 11.6. The largest absolute Gasteiger partial charge is 0.499 e. The highest BCUT2D eigenvalue weighted by molar-refractivity contribution is 6.05. The number of carbonyl (C=O) groups is 1. The minimum atomic E-state index is -0.729. The van der Waals surface area contributed by atoms with Gasteiger partial charge < -0.3 is 9.84 Å². The van der Waals surface area contributed by atoms with Crippen molar-refractivity contribution in [2.75, 3.05) is 0 Å². The second-order valence-electron chi connectivity index (χ2n) is 5.06. The maximum atomic E-state index is 11.8. The molecule has 0 aromatic heterocycles. The number of nitro benzene ring substituents is 1. The maximum absolute atomic E-state index is 11.8. The average Bonchev–Trinajstić information content (AvgIpc) is 2.87. The minimum absolute atomic E-state index is 0.00885. The molecule has 0 saturated heterocycles. The van der Waals surface area contributed by atoms with Crippen LogP contribution in [0.3, 0.4) is 0 Å². The van der Waals surface area contributed by atoms with Crippen LogP contribution in [-0.4, -0.2) is 15.8 Å². The fourth-order valence-electron chi connectivity index (χ4n) is 2.59.